The fraction of sp³-hybridized carbons (Fsp3) is 0.333. The third kappa shape index (κ3) is 3.62. The first-order valence-electron chi connectivity index (χ1n) is 7.95. The molecule has 1 aliphatic rings. The molecule has 0 aliphatic carbocycles. The van der Waals surface area contributed by atoms with Gasteiger partial charge in [0.25, 0.3) is 5.91 Å². The zero-order chi connectivity index (χ0) is 16.1. The largest absolute Gasteiger partial charge is 0.493 e. The average molecular weight is 311 g/mol. The zero-order valence-electron chi connectivity index (χ0n) is 13.2. The van der Waals surface area contributed by atoms with E-state index in [9.17, 15) is 4.79 Å². The average Bonchev–Trinajstić information content (AvgIpc) is 3.04. The van der Waals surface area contributed by atoms with Gasteiger partial charge >= 0.3 is 0 Å². The molecule has 5 heteroatoms. The van der Waals surface area contributed by atoms with E-state index in [4.69, 9.17) is 4.74 Å². The number of likely N-dealkylation sites (tertiary alicyclic amines) is 1. The maximum Gasteiger partial charge on any atom is 0.257 e. The molecule has 1 saturated heterocycles. The minimum absolute atomic E-state index is 0.0320. The predicted octanol–water partition coefficient (Wildman–Crippen LogP) is 2.81. The van der Waals surface area contributed by atoms with Crippen LogP contribution in [0.25, 0.3) is 0 Å². The molecule has 1 aliphatic heterocycles. The summed E-state index contributed by atoms with van der Waals surface area (Å²) in [7, 11) is 0. The summed E-state index contributed by atoms with van der Waals surface area (Å²) in [6.07, 6.45) is 4.48. The van der Waals surface area contributed by atoms with Crippen LogP contribution in [-0.4, -0.2) is 41.5 Å². The topological polar surface area (TPSA) is 54.5 Å². The molecule has 1 atom stereocenters. The lowest BCUT2D eigenvalue weighted by Gasteiger charge is -2.19. The quantitative estimate of drug-likeness (QED) is 0.922. The molecule has 0 radical (unpaired) electrons. The number of anilines is 1. The molecule has 23 heavy (non-hydrogen) atoms. The van der Waals surface area contributed by atoms with Crippen LogP contribution in [0.15, 0.2) is 48.8 Å². The number of pyridine rings is 1. The van der Waals surface area contributed by atoms with Gasteiger partial charge in [-0.25, -0.2) is 0 Å². The number of hydrogen-bond acceptors (Lipinski definition) is 4. The molecule has 1 aromatic carbocycles. The maximum absolute atomic E-state index is 12.7. The first-order chi connectivity index (χ1) is 11.3. The summed E-state index contributed by atoms with van der Waals surface area (Å²) in [6, 6.07) is 11.6. The van der Waals surface area contributed by atoms with Crippen LogP contribution in [0.5, 0.6) is 5.75 Å². The summed E-state index contributed by atoms with van der Waals surface area (Å²) >= 11 is 0. The van der Waals surface area contributed by atoms with Gasteiger partial charge < -0.3 is 15.0 Å². The number of rotatable bonds is 5. The molecule has 0 bridgehead atoms. The van der Waals surface area contributed by atoms with E-state index in [1.165, 1.54) is 0 Å². The molecule has 1 N–H and O–H groups in total. The van der Waals surface area contributed by atoms with Crippen LogP contribution < -0.4 is 10.1 Å². The number of carbonyl (C=O) groups is 1. The van der Waals surface area contributed by atoms with Gasteiger partial charge in [-0.3, -0.25) is 9.78 Å². The van der Waals surface area contributed by atoms with E-state index < -0.39 is 0 Å². The first kappa shape index (κ1) is 15.3. The van der Waals surface area contributed by atoms with E-state index in [0.29, 0.717) is 24.5 Å². The van der Waals surface area contributed by atoms with Gasteiger partial charge in [0.2, 0.25) is 0 Å². The van der Waals surface area contributed by atoms with Crippen LogP contribution in [0.4, 0.5) is 5.69 Å². The van der Waals surface area contributed by atoms with Gasteiger partial charge in [-0.05, 0) is 37.6 Å². The molecule has 2 aromatic rings. The molecule has 1 fully saturated rings. The lowest BCUT2D eigenvalue weighted by Crippen LogP contribution is -2.31. The summed E-state index contributed by atoms with van der Waals surface area (Å²) in [4.78, 5) is 18.7. The number of ether oxygens (including phenoxy) is 1. The van der Waals surface area contributed by atoms with E-state index in [2.05, 4.69) is 10.3 Å². The number of benzene rings is 1. The van der Waals surface area contributed by atoms with Crippen molar-refractivity contribution in [2.24, 2.45) is 0 Å². The number of amides is 1. The van der Waals surface area contributed by atoms with Crippen LogP contribution >= 0.6 is 0 Å². The molecule has 3 rings (SSSR count). The second-order valence-corrected chi connectivity index (χ2v) is 5.55. The Morgan fingerprint density at radius 2 is 2.22 bits per heavy atom. The number of nitrogens with zero attached hydrogens (tertiary/aromatic N) is 2. The van der Waals surface area contributed by atoms with Crippen molar-refractivity contribution < 1.29 is 9.53 Å². The van der Waals surface area contributed by atoms with Crippen molar-refractivity contribution in [2.45, 2.75) is 19.4 Å². The second kappa shape index (κ2) is 7.13. The Balaban J connectivity index is 1.66. The highest BCUT2D eigenvalue weighted by atomic mass is 16.5. The Labute approximate surface area is 136 Å². The molecule has 0 saturated carbocycles. The summed E-state index contributed by atoms with van der Waals surface area (Å²) < 4.78 is 5.57. The van der Waals surface area contributed by atoms with E-state index in [1.54, 1.807) is 12.4 Å². The smallest absolute Gasteiger partial charge is 0.257 e. The minimum atomic E-state index is 0.0320. The number of para-hydroxylation sites is 1. The molecule has 2 heterocycles. The van der Waals surface area contributed by atoms with Crippen molar-refractivity contribution >= 4 is 11.6 Å². The minimum Gasteiger partial charge on any atom is -0.493 e. The Kier molecular flexibility index (Phi) is 4.76. The summed E-state index contributed by atoms with van der Waals surface area (Å²) in [5.74, 6) is 0.688. The number of hydrogen-bond donors (Lipinski definition) is 1. The Morgan fingerprint density at radius 3 is 3.00 bits per heavy atom. The molecule has 1 unspecified atom stereocenters. The number of carbonyl (C=O) groups excluding carboxylic acids is 1. The molecule has 5 nitrogen and oxygen atoms in total. The van der Waals surface area contributed by atoms with Crippen molar-refractivity contribution in [3.63, 3.8) is 0 Å². The third-order valence-corrected chi connectivity index (χ3v) is 3.93. The summed E-state index contributed by atoms with van der Waals surface area (Å²) in [5.41, 5.74) is 1.62. The van der Waals surface area contributed by atoms with E-state index in [-0.39, 0.29) is 11.9 Å². The van der Waals surface area contributed by atoms with Gasteiger partial charge in [-0.15, -0.1) is 0 Å². The third-order valence-electron chi connectivity index (χ3n) is 3.93. The fourth-order valence-electron chi connectivity index (χ4n) is 2.84. The second-order valence-electron chi connectivity index (χ2n) is 5.55. The van der Waals surface area contributed by atoms with Gasteiger partial charge in [0.1, 0.15) is 5.75 Å². The number of nitrogens with one attached hydrogen (secondary N) is 1. The van der Waals surface area contributed by atoms with E-state index in [0.717, 1.165) is 18.7 Å². The Morgan fingerprint density at radius 1 is 1.35 bits per heavy atom. The lowest BCUT2D eigenvalue weighted by atomic mass is 10.2. The van der Waals surface area contributed by atoms with Crippen molar-refractivity contribution in [2.75, 3.05) is 25.0 Å². The molecule has 120 valence electrons. The van der Waals surface area contributed by atoms with Crippen LogP contribution in [0.3, 0.4) is 0 Å². The van der Waals surface area contributed by atoms with Crippen molar-refractivity contribution in [1.29, 1.82) is 0 Å². The van der Waals surface area contributed by atoms with Crippen LogP contribution in [0, 0.1) is 0 Å². The van der Waals surface area contributed by atoms with E-state index >= 15 is 0 Å². The molecule has 0 spiro atoms. The van der Waals surface area contributed by atoms with Crippen LogP contribution in [-0.2, 0) is 0 Å². The van der Waals surface area contributed by atoms with Crippen LogP contribution in [0.2, 0.25) is 0 Å². The van der Waals surface area contributed by atoms with E-state index in [1.807, 2.05) is 48.2 Å². The van der Waals surface area contributed by atoms with Gasteiger partial charge in [-0.1, -0.05) is 12.1 Å². The molecular formula is C18H21N3O2. The molecule has 1 aromatic heterocycles. The lowest BCUT2D eigenvalue weighted by molar-refractivity contribution is 0.0787. The molecule has 1 amide bonds. The van der Waals surface area contributed by atoms with Crippen molar-refractivity contribution in [1.82, 2.24) is 9.88 Å². The monoisotopic (exact) mass is 311 g/mol. The fourth-order valence-corrected chi connectivity index (χ4v) is 2.84. The zero-order valence-corrected chi connectivity index (χ0v) is 13.2. The normalized spacial score (nSPS) is 17.1. The number of aromatic nitrogens is 1. The highest BCUT2D eigenvalue weighted by molar-refractivity contribution is 5.97. The molecular weight excluding hydrogens is 290 g/mol. The Bertz CT molecular complexity index is 660. The SMILES string of the molecule is CCOc1ccccc1C(=O)N1CCC(Nc2cccnc2)C1. The van der Waals surface area contributed by atoms with Gasteiger partial charge in [0, 0.05) is 31.5 Å². The highest BCUT2D eigenvalue weighted by Crippen LogP contribution is 2.23. The van der Waals surface area contributed by atoms with Gasteiger partial charge in [-0.2, -0.15) is 0 Å². The maximum atomic E-state index is 12.7. The Hall–Kier alpha value is -2.56. The van der Waals surface area contributed by atoms with Gasteiger partial charge in [0.15, 0.2) is 0 Å². The van der Waals surface area contributed by atoms with Crippen molar-refractivity contribution in [3.05, 3.63) is 54.4 Å². The standard InChI is InChI=1S/C18H21N3O2/c1-2-23-17-8-4-3-7-16(17)18(22)21-11-9-15(13-21)20-14-6-5-10-19-12-14/h3-8,10,12,15,20H,2,9,11,13H2,1H3. The highest BCUT2D eigenvalue weighted by Gasteiger charge is 2.28. The van der Waals surface area contributed by atoms with Crippen LogP contribution in [0.1, 0.15) is 23.7 Å². The summed E-state index contributed by atoms with van der Waals surface area (Å²) in [6.45, 7) is 3.91. The predicted molar refractivity (Wildman–Crippen MR) is 89.8 cm³/mol. The summed E-state index contributed by atoms with van der Waals surface area (Å²) in [5, 5.41) is 3.43. The van der Waals surface area contributed by atoms with Crippen molar-refractivity contribution in [3.8, 4) is 5.75 Å². The van der Waals surface area contributed by atoms with Gasteiger partial charge in [0.05, 0.1) is 17.9 Å². The first-order valence-corrected chi connectivity index (χ1v) is 7.95.